The quantitative estimate of drug-likeness (QED) is 0.175. The van der Waals surface area contributed by atoms with Crippen LogP contribution in [-0.2, 0) is 0 Å². The van der Waals surface area contributed by atoms with Gasteiger partial charge in [-0.15, -0.1) is 0 Å². The van der Waals surface area contributed by atoms with Gasteiger partial charge < -0.3 is 8.83 Å². The topological polar surface area (TPSA) is 26.3 Å². The van der Waals surface area contributed by atoms with E-state index in [1.54, 1.807) is 0 Å². The number of hydrogen-bond donors (Lipinski definition) is 0. The Labute approximate surface area is 299 Å². The zero-order valence-electron chi connectivity index (χ0n) is 28.1. The van der Waals surface area contributed by atoms with E-state index < -0.39 is 0 Å². The molecule has 0 amide bonds. The van der Waals surface area contributed by atoms with Crippen LogP contribution in [0.2, 0.25) is 0 Å². The Bertz CT molecular complexity index is 2990. The van der Waals surface area contributed by atoms with Crippen molar-refractivity contribution < 1.29 is 8.83 Å². The fourth-order valence-electron chi connectivity index (χ4n) is 8.33. The summed E-state index contributed by atoms with van der Waals surface area (Å²) in [5.41, 5.74) is 12.9. The summed E-state index contributed by atoms with van der Waals surface area (Å²) in [5.74, 6) is 0. The van der Waals surface area contributed by atoms with E-state index in [9.17, 15) is 0 Å². The van der Waals surface area contributed by atoms with Crippen molar-refractivity contribution in [3.8, 4) is 44.5 Å². The van der Waals surface area contributed by atoms with E-state index in [0.717, 1.165) is 66.1 Å². The van der Waals surface area contributed by atoms with Crippen molar-refractivity contribution in [2.45, 2.75) is 0 Å². The van der Waals surface area contributed by atoms with E-state index in [4.69, 9.17) is 8.83 Å². The molecule has 0 N–H and O–H groups in total. The van der Waals surface area contributed by atoms with Gasteiger partial charge in [0.25, 0.3) is 0 Å². The van der Waals surface area contributed by atoms with Crippen molar-refractivity contribution in [1.82, 2.24) is 0 Å². The maximum absolute atomic E-state index is 6.60. The predicted octanol–water partition coefficient (Wildman–Crippen LogP) is 14.5. The van der Waals surface area contributed by atoms with Gasteiger partial charge in [-0.1, -0.05) is 164 Å². The second-order valence-corrected chi connectivity index (χ2v) is 13.6. The first-order valence-electron chi connectivity index (χ1n) is 17.8. The highest BCUT2D eigenvalue weighted by atomic mass is 16.3. The number of fused-ring (bicyclic) bond motifs is 8. The summed E-state index contributed by atoms with van der Waals surface area (Å²) >= 11 is 0. The fraction of sp³-hybridized carbons (Fsp3) is 0. The van der Waals surface area contributed by atoms with Gasteiger partial charge in [0, 0.05) is 32.7 Å². The molecule has 2 aromatic heterocycles. The maximum Gasteiger partial charge on any atom is 0.143 e. The molecule has 0 saturated heterocycles. The number of furan rings is 2. The van der Waals surface area contributed by atoms with Gasteiger partial charge >= 0.3 is 0 Å². The van der Waals surface area contributed by atoms with E-state index in [-0.39, 0.29) is 0 Å². The normalized spacial score (nSPS) is 11.8. The molecule has 2 heteroatoms. The van der Waals surface area contributed by atoms with E-state index >= 15 is 0 Å². The van der Waals surface area contributed by atoms with E-state index in [0.29, 0.717) is 0 Å². The zero-order valence-corrected chi connectivity index (χ0v) is 28.1. The highest BCUT2D eigenvalue weighted by Crippen LogP contribution is 2.46. The van der Waals surface area contributed by atoms with Crippen LogP contribution in [0.4, 0.5) is 0 Å². The van der Waals surface area contributed by atoms with Crippen molar-refractivity contribution in [3.63, 3.8) is 0 Å². The summed E-state index contributed by atoms with van der Waals surface area (Å²) in [6.07, 6.45) is 0. The number of rotatable bonds is 4. The minimum absolute atomic E-state index is 0.899. The Balaban J connectivity index is 1.24. The van der Waals surface area contributed by atoms with Gasteiger partial charge in [-0.05, 0) is 73.1 Å². The van der Waals surface area contributed by atoms with Crippen molar-refractivity contribution in [2.75, 3.05) is 0 Å². The van der Waals surface area contributed by atoms with Crippen LogP contribution in [0, 0.1) is 0 Å². The summed E-state index contributed by atoms with van der Waals surface area (Å²) in [6, 6.07) is 65.0. The lowest BCUT2D eigenvalue weighted by atomic mass is 9.85. The smallest absolute Gasteiger partial charge is 0.143 e. The molecule has 0 unspecified atom stereocenters. The Kier molecular flexibility index (Phi) is 6.28. The number of para-hydroxylation sites is 4. The molecular formula is C50H30O2. The molecule has 2 heterocycles. The van der Waals surface area contributed by atoms with E-state index in [2.05, 4.69) is 170 Å². The molecule has 0 saturated carbocycles. The lowest BCUT2D eigenvalue weighted by molar-refractivity contribution is 0.669. The largest absolute Gasteiger partial charge is 0.455 e. The summed E-state index contributed by atoms with van der Waals surface area (Å²) in [5, 5.41) is 9.26. The molecule has 0 aliphatic carbocycles. The molecule has 9 aromatic carbocycles. The second-order valence-electron chi connectivity index (χ2n) is 13.6. The fourth-order valence-corrected chi connectivity index (χ4v) is 8.33. The first-order chi connectivity index (χ1) is 25.8. The van der Waals surface area contributed by atoms with Gasteiger partial charge in [-0.3, -0.25) is 0 Å². The first-order valence-corrected chi connectivity index (χ1v) is 17.8. The molecule has 11 aromatic rings. The Hall–Kier alpha value is -6.90. The highest BCUT2D eigenvalue weighted by molar-refractivity contribution is 6.22. The van der Waals surface area contributed by atoms with Crippen LogP contribution in [0.5, 0.6) is 0 Å². The molecule has 2 nitrogen and oxygen atoms in total. The van der Waals surface area contributed by atoms with Gasteiger partial charge in [-0.25, -0.2) is 0 Å². The van der Waals surface area contributed by atoms with Gasteiger partial charge in [0.1, 0.15) is 22.3 Å². The Morgan fingerprint density at radius 3 is 1.19 bits per heavy atom. The molecule has 11 rings (SSSR count). The van der Waals surface area contributed by atoms with Crippen LogP contribution >= 0.6 is 0 Å². The average molecular weight is 663 g/mol. The summed E-state index contributed by atoms with van der Waals surface area (Å²) in [6.45, 7) is 0. The number of benzene rings is 9. The third kappa shape index (κ3) is 4.31. The average Bonchev–Trinajstić information content (AvgIpc) is 3.79. The third-order valence-electron chi connectivity index (χ3n) is 10.7. The summed E-state index contributed by atoms with van der Waals surface area (Å²) in [4.78, 5) is 0. The van der Waals surface area contributed by atoms with Crippen LogP contribution in [0.1, 0.15) is 0 Å². The maximum atomic E-state index is 6.60. The van der Waals surface area contributed by atoms with E-state index in [1.165, 1.54) is 43.8 Å². The summed E-state index contributed by atoms with van der Waals surface area (Å²) < 4.78 is 13.2. The monoisotopic (exact) mass is 662 g/mol. The zero-order chi connectivity index (χ0) is 34.2. The molecule has 52 heavy (non-hydrogen) atoms. The second kappa shape index (κ2) is 11.3. The van der Waals surface area contributed by atoms with Gasteiger partial charge in [0.15, 0.2) is 0 Å². The van der Waals surface area contributed by atoms with E-state index in [1.807, 2.05) is 12.1 Å². The first kappa shape index (κ1) is 28.9. The molecule has 0 bridgehead atoms. The van der Waals surface area contributed by atoms with Gasteiger partial charge in [0.05, 0.1) is 0 Å². The van der Waals surface area contributed by atoms with Crippen molar-refractivity contribution in [2.24, 2.45) is 0 Å². The van der Waals surface area contributed by atoms with Gasteiger partial charge in [-0.2, -0.15) is 0 Å². The van der Waals surface area contributed by atoms with Crippen LogP contribution in [-0.4, -0.2) is 0 Å². The van der Waals surface area contributed by atoms with Gasteiger partial charge in [0.2, 0.25) is 0 Å². The minimum atomic E-state index is 0.899. The van der Waals surface area contributed by atoms with Crippen LogP contribution in [0.15, 0.2) is 191 Å². The van der Waals surface area contributed by atoms with Crippen molar-refractivity contribution in [1.29, 1.82) is 0 Å². The van der Waals surface area contributed by atoms with Crippen LogP contribution in [0.3, 0.4) is 0 Å². The lowest BCUT2D eigenvalue weighted by Gasteiger charge is -2.18. The molecule has 0 radical (unpaired) electrons. The lowest BCUT2D eigenvalue weighted by Crippen LogP contribution is -1.91. The van der Waals surface area contributed by atoms with Crippen molar-refractivity contribution >= 4 is 65.4 Å². The minimum Gasteiger partial charge on any atom is -0.455 e. The molecule has 242 valence electrons. The molecule has 0 fully saturated rings. The molecular weight excluding hydrogens is 633 g/mol. The highest BCUT2D eigenvalue weighted by Gasteiger charge is 2.20. The molecule has 0 aliphatic heterocycles. The SMILES string of the molecule is c1ccc(-c2ccc(-c3c4cccc(-c5cccc6c5oc5ccccc56)c4cc4c(-c5cccc6c5oc5ccccc56)cccc34)cc2)cc1. The third-order valence-corrected chi connectivity index (χ3v) is 10.7. The van der Waals surface area contributed by atoms with Crippen LogP contribution < -0.4 is 0 Å². The number of hydrogen-bond acceptors (Lipinski definition) is 2. The molecule has 0 atom stereocenters. The standard InChI is InChI=1S/C50H30O2/c1-2-12-31(13-3-1)32-26-28-33(29-27-32)48-38-18-8-16-34(40-20-10-22-42-36-14-4-6-24-46(36)51-49(40)42)44(38)30-45-35(17-9-19-39(45)48)41-21-11-23-43-37-15-5-7-25-47(37)52-50(41)43/h1-30H. The predicted molar refractivity (Wildman–Crippen MR) is 218 cm³/mol. The summed E-state index contributed by atoms with van der Waals surface area (Å²) in [7, 11) is 0. The Morgan fingerprint density at radius 2 is 0.654 bits per heavy atom. The molecule has 0 aliphatic rings. The molecule has 0 spiro atoms. The Morgan fingerprint density at radius 1 is 0.250 bits per heavy atom. The van der Waals surface area contributed by atoms with Crippen molar-refractivity contribution in [3.05, 3.63) is 182 Å². The van der Waals surface area contributed by atoms with Crippen LogP contribution in [0.25, 0.3) is 110 Å².